The number of carbonyl (C=O) groups excluding carboxylic acids is 2. The second-order valence-corrected chi connectivity index (χ2v) is 5.12. The number of benzene rings is 1. The minimum atomic E-state index is -0.411. The molecule has 1 saturated heterocycles. The lowest BCUT2D eigenvalue weighted by molar-refractivity contribution is -0.128. The molecule has 116 valence electrons. The zero-order valence-electron chi connectivity index (χ0n) is 12.4. The standard InChI is InChI=1S/C15H21N3O2.ClH/c1-11-5-7-12(8-6-11)18-9-3-4-13(15(18)20)17-14(19)10-16-2;/h5-8,13,16H,3-4,9-10H2,1-2H3,(H,17,19);1H. The Kier molecular flexibility index (Phi) is 6.65. The molecule has 1 atom stereocenters. The number of aryl methyl sites for hydroxylation is 1. The predicted octanol–water partition coefficient (Wildman–Crippen LogP) is 1.25. The van der Waals surface area contributed by atoms with E-state index in [-0.39, 0.29) is 30.8 Å². The summed E-state index contributed by atoms with van der Waals surface area (Å²) in [6, 6.07) is 7.47. The molecule has 1 aliphatic rings. The summed E-state index contributed by atoms with van der Waals surface area (Å²) >= 11 is 0. The van der Waals surface area contributed by atoms with Crippen LogP contribution in [0.5, 0.6) is 0 Å². The van der Waals surface area contributed by atoms with Crippen molar-refractivity contribution < 1.29 is 9.59 Å². The van der Waals surface area contributed by atoms with Crippen LogP contribution in [0, 0.1) is 6.92 Å². The van der Waals surface area contributed by atoms with E-state index in [1.54, 1.807) is 11.9 Å². The summed E-state index contributed by atoms with van der Waals surface area (Å²) in [5, 5.41) is 5.57. The molecular weight excluding hydrogens is 290 g/mol. The Morgan fingerprint density at radius 2 is 2.00 bits per heavy atom. The molecule has 1 heterocycles. The fourth-order valence-corrected chi connectivity index (χ4v) is 2.40. The number of carbonyl (C=O) groups is 2. The summed E-state index contributed by atoms with van der Waals surface area (Å²) in [5.41, 5.74) is 2.06. The Morgan fingerprint density at radius 3 is 2.62 bits per heavy atom. The number of likely N-dealkylation sites (N-methyl/N-ethyl adjacent to an activating group) is 1. The van der Waals surface area contributed by atoms with E-state index in [2.05, 4.69) is 10.6 Å². The first-order valence-electron chi connectivity index (χ1n) is 6.94. The molecule has 0 aliphatic carbocycles. The van der Waals surface area contributed by atoms with Gasteiger partial charge in [-0.05, 0) is 38.9 Å². The average molecular weight is 312 g/mol. The van der Waals surface area contributed by atoms with Gasteiger partial charge in [0, 0.05) is 12.2 Å². The van der Waals surface area contributed by atoms with Crippen LogP contribution in [0.15, 0.2) is 24.3 Å². The van der Waals surface area contributed by atoms with E-state index in [0.717, 1.165) is 17.7 Å². The fourth-order valence-electron chi connectivity index (χ4n) is 2.40. The highest BCUT2D eigenvalue weighted by molar-refractivity contribution is 6.00. The van der Waals surface area contributed by atoms with Crippen molar-refractivity contribution in [3.05, 3.63) is 29.8 Å². The van der Waals surface area contributed by atoms with Gasteiger partial charge in [0.1, 0.15) is 6.04 Å². The smallest absolute Gasteiger partial charge is 0.249 e. The van der Waals surface area contributed by atoms with Gasteiger partial charge in [-0.1, -0.05) is 17.7 Å². The van der Waals surface area contributed by atoms with Crippen LogP contribution in [0.2, 0.25) is 0 Å². The van der Waals surface area contributed by atoms with Gasteiger partial charge in [-0.3, -0.25) is 9.59 Å². The highest BCUT2D eigenvalue weighted by Gasteiger charge is 2.30. The molecule has 1 fully saturated rings. The Morgan fingerprint density at radius 1 is 1.33 bits per heavy atom. The van der Waals surface area contributed by atoms with Crippen LogP contribution >= 0.6 is 12.4 Å². The quantitative estimate of drug-likeness (QED) is 0.880. The first kappa shape index (κ1) is 17.5. The molecule has 0 saturated carbocycles. The number of nitrogens with zero attached hydrogens (tertiary/aromatic N) is 1. The average Bonchev–Trinajstić information content (AvgIpc) is 2.43. The molecule has 1 aromatic carbocycles. The summed E-state index contributed by atoms with van der Waals surface area (Å²) in [6.45, 7) is 2.96. The second-order valence-electron chi connectivity index (χ2n) is 5.12. The van der Waals surface area contributed by atoms with Gasteiger partial charge in [0.05, 0.1) is 6.54 Å². The highest BCUT2D eigenvalue weighted by Crippen LogP contribution is 2.21. The highest BCUT2D eigenvalue weighted by atomic mass is 35.5. The Bertz CT molecular complexity index is 490. The minimum Gasteiger partial charge on any atom is -0.343 e. The van der Waals surface area contributed by atoms with Gasteiger partial charge in [-0.25, -0.2) is 0 Å². The van der Waals surface area contributed by atoms with Crippen molar-refractivity contribution in [3.63, 3.8) is 0 Å². The van der Waals surface area contributed by atoms with Gasteiger partial charge in [0.15, 0.2) is 0 Å². The van der Waals surface area contributed by atoms with Gasteiger partial charge < -0.3 is 15.5 Å². The molecule has 0 aromatic heterocycles. The van der Waals surface area contributed by atoms with E-state index in [1.807, 2.05) is 31.2 Å². The van der Waals surface area contributed by atoms with Gasteiger partial charge in [0.25, 0.3) is 0 Å². The normalized spacial score (nSPS) is 18.1. The first-order chi connectivity index (χ1) is 9.61. The van der Waals surface area contributed by atoms with Crippen molar-refractivity contribution in [3.8, 4) is 0 Å². The van der Waals surface area contributed by atoms with Crippen molar-refractivity contribution >= 4 is 29.9 Å². The number of halogens is 1. The van der Waals surface area contributed by atoms with Gasteiger partial charge in [0.2, 0.25) is 11.8 Å². The zero-order valence-corrected chi connectivity index (χ0v) is 13.2. The van der Waals surface area contributed by atoms with E-state index < -0.39 is 6.04 Å². The molecule has 0 spiro atoms. The largest absolute Gasteiger partial charge is 0.343 e. The third-order valence-electron chi connectivity index (χ3n) is 3.46. The Balaban J connectivity index is 0.00000220. The van der Waals surface area contributed by atoms with Crippen molar-refractivity contribution in [2.75, 3.05) is 25.0 Å². The maximum Gasteiger partial charge on any atom is 0.249 e. The molecule has 2 rings (SSSR count). The molecule has 6 heteroatoms. The number of hydrogen-bond acceptors (Lipinski definition) is 3. The zero-order chi connectivity index (χ0) is 14.5. The van der Waals surface area contributed by atoms with E-state index >= 15 is 0 Å². The van der Waals surface area contributed by atoms with E-state index in [4.69, 9.17) is 0 Å². The molecule has 21 heavy (non-hydrogen) atoms. The van der Waals surface area contributed by atoms with Crippen LogP contribution in [0.4, 0.5) is 5.69 Å². The molecule has 1 unspecified atom stereocenters. The molecule has 5 nitrogen and oxygen atoms in total. The van der Waals surface area contributed by atoms with Crippen LogP contribution in [-0.2, 0) is 9.59 Å². The summed E-state index contributed by atoms with van der Waals surface area (Å²) in [6.07, 6.45) is 1.60. The van der Waals surface area contributed by atoms with Gasteiger partial charge >= 0.3 is 0 Å². The summed E-state index contributed by atoms with van der Waals surface area (Å²) < 4.78 is 0. The minimum absolute atomic E-state index is 0. The third-order valence-corrected chi connectivity index (χ3v) is 3.46. The lowest BCUT2D eigenvalue weighted by Crippen LogP contribution is -2.53. The van der Waals surface area contributed by atoms with E-state index in [9.17, 15) is 9.59 Å². The predicted molar refractivity (Wildman–Crippen MR) is 85.9 cm³/mol. The fraction of sp³-hybridized carbons (Fsp3) is 0.467. The lowest BCUT2D eigenvalue weighted by atomic mass is 10.0. The monoisotopic (exact) mass is 311 g/mol. The second kappa shape index (κ2) is 8.00. The summed E-state index contributed by atoms with van der Waals surface area (Å²) in [4.78, 5) is 25.8. The molecule has 0 bridgehead atoms. The molecule has 0 radical (unpaired) electrons. The SMILES string of the molecule is CNCC(=O)NC1CCCN(c2ccc(C)cc2)C1=O.Cl. The maximum atomic E-state index is 12.4. The van der Waals surface area contributed by atoms with Crippen LogP contribution < -0.4 is 15.5 Å². The van der Waals surface area contributed by atoms with E-state index in [1.165, 1.54) is 0 Å². The molecule has 1 aliphatic heterocycles. The maximum absolute atomic E-state index is 12.4. The van der Waals surface area contributed by atoms with Crippen LogP contribution in [0.3, 0.4) is 0 Å². The summed E-state index contributed by atoms with van der Waals surface area (Å²) in [7, 11) is 1.71. The van der Waals surface area contributed by atoms with Crippen molar-refractivity contribution in [2.24, 2.45) is 0 Å². The number of amides is 2. The number of hydrogen-bond donors (Lipinski definition) is 2. The van der Waals surface area contributed by atoms with E-state index in [0.29, 0.717) is 13.0 Å². The van der Waals surface area contributed by atoms with Crippen LogP contribution in [-0.4, -0.2) is 38.0 Å². The molecule has 2 amide bonds. The van der Waals surface area contributed by atoms with Crippen LogP contribution in [0.25, 0.3) is 0 Å². The Hall–Kier alpha value is -1.59. The molecule has 1 aromatic rings. The van der Waals surface area contributed by atoms with Crippen LogP contribution in [0.1, 0.15) is 18.4 Å². The Labute approximate surface area is 131 Å². The molecular formula is C15H22ClN3O2. The number of nitrogens with one attached hydrogen (secondary N) is 2. The van der Waals surface area contributed by atoms with Gasteiger partial charge in [-0.2, -0.15) is 0 Å². The van der Waals surface area contributed by atoms with Crippen molar-refractivity contribution in [1.82, 2.24) is 10.6 Å². The summed E-state index contributed by atoms with van der Waals surface area (Å²) in [5.74, 6) is -0.166. The number of piperidine rings is 1. The number of rotatable bonds is 4. The van der Waals surface area contributed by atoms with Gasteiger partial charge in [-0.15, -0.1) is 12.4 Å². The third kappa shape index (κ3) is 4.44. The van der Waals surface area contributed by atoms with Crippen molar-refractivity contribution in [2.45, 2.75) is 25.8 Å². The first-order valence-corrected chi connectivity index (χ1v) is 6.94. The number of anilines is 1. The van der Waals surface area contributed by atoms with Crippen molar-refractivity contribution in [1.29, 1.82) is 0 Å². The topological polar surface area (TPSA) is 61.4 Å². The molecule has 2 N–H and O–H groups in total. The lowest BCUT2D eigenvalue weighted by Gasteiger charge is -2.32.